The van der Waals surface area contributed by atoms with Gasteiger partial charge in [-0.15, -0.1) is 0 Å². The van der Waals surface area contributed by atoms with Crippen molar-refractivity contribution in [2.45, 2.75) is 90.3 Å². The first-order valence-corrected chi connectivity index (χ1v) is 11.4. The second kappa shape index (κ2) is 9.32. The van der Waals surface area contributed by atoms with E-state index in [0.717, 1.165) is 32.4 Å². The molecule has 2 saturated heterocycles. The molecule has 0 amide bonds. The lowest BCUT2D eigenvalue weighted by Gasteiger charge is -2.27. The van der Waals surface area contributed by atoms with Gasteiger partial charge in [-0.2, -0.15) is 0 Å². The number of hydrogen-bond donors (Lipinski definition) is 2. The quantitative estimate of drug-likeness (QED) is 0.603. The van der Waals surface area contributed by atoms with E-state index in [1.54, 1.807) is 0 Å². The smallest absolute Gasteiger partial charge is 0.248 e. The molecule has 0 saturated carbocycles. The molecule has 0 aromatic heterocycles. The Balaban J connectivity index is 1.76. The molecule has 0 aromatic carbocycles. The van der Waals surface area contributed by atoms with Crippen molar-refractivity contribution in [3.63, 3.8) is 0 Å². The highest BCUT2D eigenvalue weighted by atomic mass is 31.2. The number of ether oxygens (including phenoxy) is 1. The minimum absolute atomic E-state index is 0.00302. The maximum Gasteiger partial charge on any atom is 0.248 e. The van der Waals surface area contributed by atoms with Crippen molar-refractivity contribution in [2.24, 2.45) is 0 Å². The van der Waals surface area contributed by atoms with E-state index >= 15 is 0 Å². The summed E-state index contributed by atoms with van der Waals surface area (Å²) in [4.78, 5) is 12.9. The summed E-state index contributed by atoms with van der Waals surface area (Å²) in [5.74, 6) is 0. The maximum absolute atomic E-state index is 10.5. The fraction of sp³-hybridized carbons (Fsp3) is 0.944. The molecule has 0 radical (unpaired) electrons. The average Bonchev–Trinajstić information content (AvgIpc) is 3.11. The van der Waals surface area contributed by atoms with Gasteiger partial charge in [-0.25, -0.2) is 0 Å². The van der Waals surface area contributed by atoms with Gasteiger partial charge >= 0.3 is 0 Å². The highest BCUT2D eigenvalue weighted by Gasteiger charge is 2.36. The molecule has 25 heavy (non-hydrogen) atoms. The molecule has 0 aromatic rings. The minimum Gasteiger partial charge on any atom is -0.374 e. The molecule has 2 N–H and O–H groups in total. The number of rotatable bonds is 9. The number of hydrogen-bond acceptors (Lipinski definition) is 6. The Morgan fingerprint density at radius 1 is 1.24 bits per heavy atom. The SMILES string of the molecule is C=P(O)(OCC1CC(OC(C)C)CN1)OC1CC(CC)N(C(C)C)C1. The summed E-state index contributed by atoms with van der Waals surface area (Å²) in [6.45, 7) is 12.8. The van der Waals surface area contributed by atoms with Crippen LogP contribution in [0.4, 0.5) is 0 Å². The van der Waals surface area contributed by atoms with Crippen LogP contribution in [0.1, 0.15) is 53.9 Å². The predicted octanol–water partition coefficient (Wildman–Crippen LogP) is 2.62. The van der Waals surface area contributed by atoms with Crippen LogP contribution in [-0.4, -0.2) is 72.2 Å². The molecule has 7 heteroatoms. The number of likely N-dealkylation sites (tertiary alicyclic amines) is 1. The first-order chi connectivity index (χ1) is 11.7. The predicted molar refractivity (Wildman–Crippen MR) is 104 cm³/mol. The Morgan fingerprint density at radius 3 is 2.52 bits per heavy atom. The van der Waals surface area contributed by atoms with E-state index in [0.29, 0.717) is 18.7 Å². The molecule has 0 spiro atoms. The Morgan fingerprint density at radius 2 is 1.96 bits per heavy atom. The third kappa shape index (κ3) is 6.62. The fourth-order valence-electron chi connectivity index (χ4n) is 3.88. The first kappa shape index (κ1) is 21.4. The summed E-state index contributed by atoms with van der Waals surface area (Å²) in [5.41, 5.74) is 0. The van der Waals surface area contributed by atoms with Gasteiger partial charge in [-0.3, -0.25) is 4.90 Å². The largest absolute Gasteiger partial charge is 0.374 e. The molecule has 2 heterocycles. The van der Waals surface area contributed by atoms with E-state index in [1.165, 1.54) is 0 Å². The van der Waals surface area contributed by atoms with E-state index in [1.807, 2.05) is 13.8 Å². The van der Waals surface area contributed by atoms with Crippen molar-refractivity contribution >= 4 is 13.9 Å². The standard InChI is InChI=1S/C18H37N2O4P/c1-7-16-9-18(11-20(16)13(2)3)24-25(6,21)22-12-15-8-17(10-19-15)23-14(4)5/h13-19,21H,6-12H2,1-5H3. The molecular formula is C18H37N2O4P. The van der Waals surface area contributed by atoms with Gasteiger partial charge in [-0.1, -0.05) is 6.92 Å². The van der Waals surface area contributed by atoms with Crippen LogP contribution in [0.15, 0.2) is 0 Å². The van der Waals surface area contributed by atoms with E-state index < -0.39 is 7.57 Å². The Hall–Kier alpha value is 0.0600. The second-order valence-electron chi connectivity index (χ2n) is 7.90. The zero-order valence-corrected chi connectivity index (χ0v) is 17.4. The number of nitrogens with zero attached hydrogens (tertiary/aromatic N) is 1. The van der Waals surface area contributed by atoms with Gasteiger partial charge < -0.3 is 24.0 Å². The van der Waals surface area contributed by atoms with Gasteiger partial charge in [-0.05, 0) is 53.3 Å². The molecule has 0 bridgehead atoms. The lowest BCUT2D eigenvalue weighted by molar-refractivity contribution is 0.0176. The van der Waals surface area contributed by atoms with E-state index in [-0.39, 0.29) is 24.4 Å². The molecule has 2 rings (SSSR count). The van der Waals surface area contributed by atoms with Gasteiger partial charge in [0.1, 0.15) is 0 Å². The van der Waals surface area contributed by atoms with Crippen molar-refractivity contribution in [3.8, 4) is 0 Å². The molecule has 5 unspecified atom stereocenters. The molecule has 6 nitrogen and oxygen atoms in total. The fourth-order valence-corrected chi connectivity index (χ4v) is 4.97. The number of nitrogens with one attached hydrogen (secondary N) is 1. The van der Waals surface area contributed by atoms with Crippen molar-refractivity contribution in [3.05, 3.63) is 0 Å². The molecular weight excluding hydrogens is 339 g/mol. The van der Waals surface area contributed by atoms with Gasteiger partial charge in [0.25, 0.3) is 0 Å². The summed E-state index contributed by atoms with van der Waals surface area (Å²) >= 11 is 0. The lowest BCUT2D eigenvalue weighted by atomic mass is 10.1. The molecule has 2 aliphatic rings. The van der Waals surface area contributed by atoms with Crippen LogP contribution in [0.2, 0.25) is 0 Å². The molecule has 0 aliphatic carbocycles. The van der Waals surface area contributed by atoms with E-state index in [9.17, 15) is 4.89 Å². The van der Waals surface area contributed by atoms with Crippen LogP contribution in [-0.2, 0) is 13.8 Å². The zero-order chi connectivity index (χ0) is 18.6. The molecule has 148 valence electrons. The van der Waals surface area contributed by atoms with Crippen LogP contribution in [0.25, 0.3) is 0 Å². The zero-order valence-electron chi connectivity index (χ0n) is 16.5. The van der Waals surface area contributed by atoms with Crippen LogP contribution in [0.5, 0.6) is 0 Å². The molecule has 5 atom stereocenters. The van der Waals surface area contributed by atoms with Crippen LogP contribution < -0.4 is 5.32 Å². The van der Waals surface area contributed by atoms with Crippen molar-refractivity contribution in [2.75, 3.05) is 19.7 Å². The van der Waals surface area contributed by atoms with Gasteiger partial charge in [0.2, 0.25) is 7.57 Å². The lowest BCUT2D eigenvalue weighted by Crippen LogP contribution is -2.35. The average molecular weight is 376 g/mol. The highest BCUT2D eigenvalue weighted by Crippen LogP contribution is 2.46. The Bertz CT molecular complexity index is 460. The summed E-state index contributed by atoms with van der Waals surface area (Å²) < 4.78 is 17.4. The van der Waals surface area contributed by atoms with Crippen molar-refractivity contribution < 1.29 is 18.7 Å². The summed E-state index contributed by atoms with van der Waals surface area (Å²) in [7, 11) is -3.04. The van der Waals surface area contributed by atoms with Gasteiger partial charge in [0.05, 0.1) is 24.9 Å². The Labute approximate surface area is 153 Å². The topological polar surface area (TPSA) is 63.2 Å². The van der Waals surface area contributed by atoms with Crippen molar-refractivity contribution in [1.82, 2.24) is 10.2 Å². The maximum atomic E-state index is 10.5. The molecule has 2 fully saturated rings. The van der Waals surface area contributed by atoms with Crippen LogP contribution >= 0.6 is 7.57 Å². The second-order valence-corrected chi connectivity index (χ2v) is 9.64. The highest BCUT2D eigenvalue weighted by molar-refractivity contribution is 7.58. The van der Waals surface area contributed by atoms with Crippen molar-refractivity contribution in [1.29, 1.82) is 0 Å². The summed E-state index contributed by atoms with van der Waals surface area (Å²) in [6.07, 6.45) is 7.18. The van der Waals surface area contributed by atoms with Crippen LogP contribution in [0.3, 0.4) is 0 Å². The summed E-state index contributed by atoms with van der Waals surface area (Å²) in [5, 5.41) is 3.38. The third-order valence-corrected chi connectivity index (χ3v) is 6.17. The van der Waals surface area contributed by atoms with E-state index in [4.69, 9.17) is 13.8 Å². The third-order valence-electron chi connectivity index (χ3n) is 4.99. The minimum atomic E-state index is -3.04. The van der Waals surface area contributed by atoms with Gasteiger partial charge in [0.15, 0.2) is 0 Å². The van der Waals surface area contributed by atoms with E-state index in [2.05, 4.69) is 37.3 Å². The first-order valence-electron chi connectivity index (χ1n) is 9.63. The summed E-state index contributed by atoms with van der Waals surface area (Å²) in [6, 6.07) is 1.17. The molecule has 2 aliphatic heterocycles. The van der Waals surface area contributed by atoms with Gasteiger partial charge in [0, 0.05) is 31.2 Å². The monoisotopic (exact) mass is 376 g/mol. The van der Waals surface area contributed by atoms with Crippen LogP contribution in [0, 0.1) is 0 Å². The normalized spacial score (nSPS) is 33.4. The Kier molecular flexibility index (Phi) is 7.96.